The first-order chi connectivity index (χ1) is 5.46. The summed E-state index contributed by atoms with van der Waals surface area (Å²) in [7, 11) is -1.08. The van der Waals surface area contributed by atoms with Crippen LogP contribution in [0.4, 0.5) is 0 Å². The Hall–Kier alpha value is -0.313. The van der Waals surface area contributed by atoms with Crippen LogP contribution in [-0.4, -0.2) is 20.7 Å². The zero-order valence-corrected chi connectivity index (χ0v) is 9.39. The van der Waals surface area contributed by atoms with Gasteiger partial charge in [-0.3, -0.25) is 4.79 Å². The van der Waals surface area contributed by atoms with Crippen LogP contribution in [0.25, 0.3) is 0 Å². The third-order valence-electron chi connectivity index (χ3n) is 2.49. The summed E-state index contributed by atoms with van der Waals surface area (Å²) >= 11 is 0. The average Bonchev–Trinajstić information content (AvgIpc) is 2.62. The van der Waals surface area contributed by atoms with Crippen molar-refractivity contribution in [1.82, 2.24) is 0 Å². The molecular weight excluding hydrogens is 168 g/mol. The molecule has 12 heavy (non-hydrogen) atoms. The van der Waals surface area contributed by atoms with Gasteiger partial charge in [0.05, 0.1) is 12.5 Å². The van der Waals surface area contributed by atoms with Crippen LogP contribution in [-0.2, 0) is 9.53 Å². The van der Waals surface area contributed by atoms with Crippen LogP contribution in [0.5, 0.6) is 0 Å². The first kappa shape index (κ1) is 9.77. The molecule has 1 fully saturated rings. The third-order valence-corrected chi connectivity index (χ3v) is 5.35. The molecule has 1 saturated carbocycles. The Labute approximate surface area is 75.3 Å². The molecule has 1 rings (SSSR count). The minimum atomic E-state index is -1.08. The van der Waals surface area contributed by atoms with E-state index in [1.165, 1.54) is 0 Å². The van der Waals surface area contributed by atoms with Crippen molar-refractivity contribution < 1.29 is 9.53 Å². The van der Waals surface area contributed by atoms with E-state index in [0.717, 1.165) is 6.42 Å². The SMILES string of the molecule is CCOC(=O)C1CC1[Si](C)(C)C. The van der Waals surface area contributed by atoms with Gasteiger partial charge in [-0.15, -0.1) is 0 Å². The Morgan fingerprint density at radius 1 is 1.50 bits per heavy atom. The lowest BCUT2D eigenvalue weighted by molar-refractivity contribution is -0.144. The van der Waals surface area contributed by atoms with Crippen molar-refractivity contribution in [1.29, 1.82) is 0 Å². The Morgan fingerprint density at radius 2 is 2.08 bits per heavy atom. The van der Waals surface area contributed by atoms with Gasteiger partial charge in [-0.05, 0) is 18.9 Å². The standard InChI is InChI=1S/C9H18O2Si/c1-5-11-9(10)7-6-8(7)12(2,3)4/h7-8H,5-6H2,1-4H3. The van der Waals surface area contributed by atoms with Gasteiger partial charge in [0.15, 0.2) is 0 Å². The fraction of sp³-hybridized carbons (Fsp3) is 0.889. The predicted molar refractivity (Wildman–Crippen MR) is 51.8 cm³/mol. The van der Waals surface area contributed by atoms with Crippen LogP contribution < -0.4 is 0 Å². The second-order valence-corrected chi connectivity index (χ2v) is 10.0. The molecule has 0 amide bonds. The maximum atomic E-state index is 11.3. The van der Waals surface area contributed by atoms with Crippen molar-refractivity contribution in [2.45, 2.75) is 38.5 Å². The summed E-state index contributed by atoms with van der Waals surface area (Å²) in [6.45, 7) is 9.34. The van der Waals surface area contributed by atoms with Crippen molar-refractivity contribution in [3.63, 3.8) is 0 Å². The van der Waals surface area contributed by atoms with Crippen LogP contribution in [0.1, 0.15) is 13.3 Å². The summed E-state index contributed by atoms with van der Waals surface area (Å²) < 4.78 is 4.97. The smallest absolute Gasteiger partial charge is 0.308 e. The van der Waals surface area contributed by atoms with E-state index >= 15 is 0 Å². The minimum Gasteiger partial charge on any atom is -0.466 e. The van der Waals surface area contributed by atoms with E-state index in [9.17, 15) is 4.79 Å². The molecule has 0 aromatic heterocycles. The average molecular weight is 186 g/mol. The normalized spacial score (nSPS) is 28.3. The number of esters is 1. The first-order valence-corrected chi connectivity index (χ1v) is 8.21. The molecule has 0 aromatic carbocycles. The van der Waals surface area contributed by atoms with Gasteiger partial charge in [-0.25, -0.2) is 0 Å². The number of carbonyl (C=O) groups excluding carboxylic acids is 1. The molecule has 0 heterocycles. The van der Waals surface area contributed by atoms with E-state index in [-0.39, 0.29) is 11.9 Å². The minimum absolute atomic E-state index is 0.0323. The fourth-order valence-electron chi connectivity index (χ4n) is 1.66. The van der Waals surface area contributed by atoms with E-state index in [1.807, 2.05) is 6.92 Å². The van der Waals surface area contributed by atoms with Crippen LogP contribution >= 0.6 is 0 Å². The molecule has 2 atom stereocenters. The summed E-state index contributed by atoms with van der Waals surface area (Å²) in [5.41, 5.74) is 0.677. The topological polar surface area (TPSA) is 26.3 Å². The lowest BCUT2D eigenvalue weighted by Gasteiger charge is -2.14. The Balaban J connectivity index is 2.37. The Bertz CT molecular complexity index is 183. The quantitative estimate of drug-likeness (QED) is 0.499. The second-order valence-electron chi connectivity index (χ2n) is 4.57. The number of carbonyl (C=O) groups is 1. The molecule has 0 bridgehead atoms. The molecule has 0 aliphatic heterocycles. The molecule has 0 spiro atoms. The summed E-state index contributed by atoms with van der Waals surface area (Å²) in [4.78, 5) is 11.3. The van der Waals surface area contributed by atoms with Gasteiger partial charge in [0.1, 0.15) is 0 Å². The highest BCUT2D eigenvalue weighted by Gasteiger charge is 2.51. The van der Waals surface area contributed by atoms with Gasteiger partial charge in [0.25, 0.3) is 0 Å². The summed E-state index contributed by atoms with van der Waals surface area (Å²) in [6, 6.07) is 0. The van der Waals surface area contributed by atoms with E-state index in [4.69, 9.17) is 4.74 Å². The van der Waals surface area contributed by atoms with Crippen LogP contribution in [0.2, 0.25) is 25.2 Å². The molecule has 70 valence electrons. The lowest BCUT2D eigenvalue weighted by Crippen LogP contribution is -2.22. The Kier molecular flexibility index (Phi) is 2.61. The molecule has 3 heteroatoms. The van der Waals surface area contributed by atoms with Gasteiger partial charge in [0, 0.05) is 8.07 Å². The number of hydrogen-bond donors (Lipinski definition) is 0. The lowest BCUT2D eigenvalue weighted by atomic mass is 10.4. The van der Waals surface area contributed by atoms with Crippen molar-refractivity contribution >= 4 is 14.0 Å². The molecule has 2 unspecified atom stereocenters. The van der Waals surface area contributed by atoms with E-state index in [0.29, 0.717) is 12.1 Å². The molecule has 1 aliphatic rings. The fourth-order valence-corrected chi connectivity index (χ4v) is 3.97. The van der Waals surface area contributed by atoms with Crippen LogP contribution in [0.15, 0.2) is 0 Å². The first-order valence-electron chi connectivity index (χ1n) is 4.63. The second kappa shape index (κ2) is 3.21. The highest BCUT2D eigenvalue weighted by Crippen LogP contribution is 2.52. The summed E-state index contributed by atoms with van der Waals surface area (Å²) in [5.74, 6) is 0.279. The highest BCUT2D eigenvalue weighted by atomic mass is 28.3. The van der Waals surface area contributed by atoms with Gasteiger partial charge in [-0.2, -0.15) is 0 Å². The van der Waals surface area contributed by atoms with Gasteiger partial charge in [0.2, 0.25) is 0 Å². The van der Waals surface area contributed by atoms with Gasteiger partial charge in [-0.1, -0.05) is 19.6 Å². The van der Waals surface area contributed by atoms with Gasteiger partial charge < -0.3 is 4.74 Å². The number of rotatable bonds is 3. The van der Waals surface area contributed by atoms with Crippen LogP contribution in [0, 0.1) is 5.92 Å². The zero-order chi connectivity index (χ0) is 9.35. The van der Waals surface area contributed by atoms with E-state index < -0.39 is 8.07 Å². The van der Waals surface area contributed by atoms with Crippen molar-refractivity contribution in [2.24, 2.45) is 5.92 Å². The van der Waals surface area contributed by atoms with Crippen molar-refractivity contribution in [2.75, 3.05) is 6.61 Å². The van der Waals surface area contributed by atoms with Crippen LogP contribution in [0.3, 0.4) is 0 Å². The van der Waals surface area contributed by atoms with E-state index in [1.54, 1.807) is 0 Å². The molecule has 0 N–H and O–H groups in total. The monoisotopic (exact) mass is 186 g/mol. The van der Waals surface area contributed by atoms with Gasteiger partial charge >= 0.3 is 5.97 Å². The molecule has 1 aliphatic carbocycles. The third kappa shape index (κ3) is 2.09. The largest absolute Gasteiger partial charge is 0.466 e. The summed E-state index contributed by atoms with van der Waals surface area (Å²) in [6.07, 6.45) is 1.08. The van der Waals surface area contributed by atoms with Crippen molar-refractivity contribution in [3.8, 4) is 0 Å². The molecule has 0 aromatic rings. The number of ether oxygens (including phenoxy) is 1. The molecule has 0 saturated heterocycles. The highest BCUT2D eigenvalue weighted by molar-refractivity contribution is 6.78. The predicted octanol–water partition coefficient (Wildman–Crippen LogP) is 2.28. The molecule has 2 nitrogen and oxygen atoms in total. The maximum Gasteiger partial charge on any atom is 0.308 e. The maximum absolute atomic E-state index is 11.3. The molecule has 0 radical (unpaired) electrons. The molecular formula is C9H18O2Si. The zero-order valence-electron chi connectivity index (χ0n) is 8.39. The number of hydrogen-bond acceptors (Lipinski definition) is 2. The Morgan fingerprint density at radius 3 is 2.42 bits per heavy atom. The van der Waals surface area contributed by atoms with Crippen molar-refractivity contribution in [3.05, 3.63) is 0 Å². The van der Waals surface area contributed by atoms with E-state index in [2.05, 4.69) is 19.6 Å². The summed E-state index contributed by atoms with van der Waals surface area (Å²) in [5, 5.41) is 0.